The fourth-order valence-corrected chi connectivity index (χ4v) is 2.63. The lowest BCUT2D eigenvalue weighted by Gasteiger charge is -2.17. The Kier molecular flexibility index (Phi) is 2.94. The lowest BCUT2D eigenvalue weighted by Crippen LogP contribution is -2.29. The summed E-state index contributed by atoms with van der Waals surface area (Å²) in [7, 11) is 0. The molecule has 0 saturated heterocycles. The second kappa shape index (κ2) is 4.60. The molecule has 0 radical (unpaired) electrons. The zero-order valence-electron chi connectivity index (χ0n) is 10.6. The van der Waals surface area contributed by atoms with Gasteiger partial charge >= 0.3 is 0 Å². The average Bonchev–Trinajstić information content (AvgIpc) is 3.29. The maximum atomic E-state index is 12.0. The van der Waals surface area contributed by atoms with Gasteiger partial charge in [0.15, 0.2) is 0 Å². The van der Waals surface area contributed by atoms with Gasteiger partial charge in [-0.25, -0.2) is 0 Å². The minimum atomic E-state index is 0.281. The van der Waals surface area contributed by atoms with Crippen LogP contribution < -0.4 is 0 Å². The molecule has 0 N–H and O–H groups in total. The molecule has 2 aliphatic rings. The van der Waals surface area contributed by atoms with Crippen molar-refractivity contribution in [1.82, 2.24) is 4.90 Å². The van der Waals surface area contributed by atoms with Gasteiger partial charge in [-0.3, -0.25) is 4.79 Å². The predicted molar refractivity (Wildman–Crippen MR) is 71.9 cm³/mol. The van der Waals surface area contributed by atoms with E-state index in [1.807, 2.05) is 11.0 Å². The van der Waals surface area contributed by atoms with Crippen molar-refractivity contribution in [2.75, 3.05) is 6.54 Å². The number of amides is 1. The summed E-state index contributed by atoms with van der Waals surface area (Å²) in [5, 5.41) is 0. The van der Waals surface area contributed by atoms with Crippen molar-refractivity contribution in [3.05, 3.63) is 48.7 Å². The maximum absolute atomic E-state index is 12.0. The van der Waals surface area contributed by atoms with Crippen molar-refractivity contribution in [3.63, 3.8) is 0 Å². The number of nitrogens with zero attached hydrogens (tertiary/aromatic N) is 1. The van der Waals surface area contributed by atoms with E-state index in [4.69, 9.17) is 0 Å². The van der Waals surface area contributed by atoms with Crippen molar-refractivity contribution in [2.45, 2.75) is 25.2 Å². The van der Waals surface area contributed by atoms with Gasteiger partial charge in [0.25, 0.3) is 0 Å². The second-order valence-electron chi connectivity index (χ2n) is 5.46. The molecule has 0 bridgehead atoms. The molecule has 0 heterocycles. The van der Waals surface area contributed by atoms with Crippen LogP contribution in [-0.4, -0.2) is 17.4 Å². The second-order valence-corrected chi connectivity index (χ2v) is 5.46. The van der Waals surface area contributed by atoms with Gasteiger partial charge < -0.3 is 4.90 Å². The summed E-state index contributed by atoms with van der Waals surface area (Å²) in [5.41, 5.74) is 1.41. The van der Waals surface area contributed by atoms with E-state index in [0.717, 1.165) is 19.4 Å². The van der Waals surface area contributed by atoms with E-state index in [9.17, 15) is 4.79 Å². The lowest BCUT2D eigenvalue weighted by molar-refractivity contribution is -0.130. The van der Waals surface area contributed by atoms with Gasteiger partial charge in [-0.05, 0) is 42.9 Å². The topological polar surface area (TPSA) is 20.3 Å². The van der Waals surface area contributed by atoms with Gasteiger partial charge in [0, 0.05) is 12.5 Å². The maximum Gasteiger partial charge on any atom is 0.229 e. The first-order chi connectivity index (χ1) is 8.79. The summed E-state index contributed by atoms with van der Waals surface area (Å²) < 4.78 is 0. The quantitative estimate of drug-likeness (QED) is 0.775. The zero-order chi connectivity index (χ0) is 12.5. The van der Waals surface area contributed by atoms with Gasteiger partial charge in [0.1, 0.15) is 0 Å². The largest absolute Gasteiger partial charge is 0.319 e. The minimum Gasteiger partial charge on any atom is -0.319 e. The van der Waals surface area contributed by atoms with Crippen LogP contribution in [0.2, 0.25) is 0 Å². The molecular weight excluding hydrogens is 222 g/mol. The van der Waals surface area contributed by atoms with Crippen LogP contribution in [0.15, 0.2) is 43.1 Å². The van der Waals surface area contributed by atoms with Crippen LogP contribution in [0.5, 0.6) is 0 Å². The van der Waals surface area contributed by atoms with E-state index in [0.29, 0.717) is 11.8 Å². The number of benzene rings is 1. The molecule has 18 heavy (non-hydrogen) atoms. The highest BCUT2D eigenvalue weighted by Crippen LogP contribution is 2.48. The summed E-state index contributed by atoms with van der Waals surface area (Å²) in [5.74, 6) is 1.83. The van der Waals surface area contributed by atoms with Crippen LogP contribution >= 0.6 is 0 Å². The summed E-state index contributed by atoms with van der Waals surface area (Å²) in [6.07, 6.45) is 5.04. The van der Waals surface area contributed by atoms with Crippen LogP contribution in [0, 0.1) is 11.8 Å². The molecule has 1 aromatic rings. The first kappa shape index (κ1) is 11.5. The Morgan fingerprint density at radius 3 is 2.67 bits per heavy atom. The Labute approximate surface area is 108 Å². The Bertz CT molecular complexity index is 449. The molecular formula is C16H19NO. The Morgan fingerprint density at radius 2 is 2.06 bits per heavy atom. The SMILES string of the molecule is C=CN(CC1CC1c1ccccc1)C(=O)C1CC1. The number of carbonyl (C=O) groups excluding carboxylic acids is 1. The summed E-state index contributed by atoms with van der Waals surface area (Å²) in [6, 6.07) is 10.6. The number of hydrogen-bond acceptors (Lipinski definition) is 1. The molecule has 2 heteroatoms. The molecule has 0 aliphatic heterocycles. The van der Waals surface area contributed by atoms with E-state index < -0.39 is 0 Å². The summed E-state index contributed by atoms with van der Waals surface area (Å²) in [6.45, 7) is 4.62. The van der Waals surface area contributed by atoms with Crippen LogP contribution in [0.3, 0.4) is 0 Å². The van der Waals surface area contributed by atoms with Gasteiger partial charge in [-0.2, -0.15) is 0 Å². The average molecular weight is 241 g/mol. The molecule has 2 fully saturated rings. The van der Waals surface area contributed by atoms with Crippen LogP contribution in [0.25, 0.3) is 0 Å². The number of carbonyl (C=O) groups is 1. The van der Waals surface area contributed by atoms with Crippen LogP contribution in [-0.2, 0) is 4.79 Å². The third-order valence-corrected chi connectivity index (χ3v) is 4.01. The predicted octanol–water partition coefficient (Wildman–Crippen LogP) is 3.17. The summed E-state index contributed by atoms with van der Waals surface area (Å²) in [4.78, 5) is 13.8. The van der Waals surface area contributed by atoms with Crippen LogP contribution in [0.4, 0.5) is 0 Å². The first-order valence-electron chi connectivity index (χ1n) is 6.77. The fraction of sp³-hybridized carbons (Fsp3) is 0.438. The van der Waals surface area contributed by atoms with E-state index in [2.05, 4.69) is 30.8 Å². The highest BCUT2D eigenvalue weighted by molar-refractivity contribution is 5.81. The molecule has 0 aromatic heterocycles. The molecule has 1 aromatic carbocycles. The summed E-state index contributed by atoms with van der Waals surface area (Å²) >= 11 is 0. The molecule has 2 saturated carbocycles. The van der Waals surface area contributed by atoms with Gasteiger partial charge in [-0.1, -0.05) is 36.9 Å². The molecule has 3 rings (SSSR count). The first-order valence-corrected chi connectivity index (χ1v) is 6.77. The molecule has 0 spiro atoms. The standard InChI is InChI=1S/C16H19NO/c1-2-17(16(18)13-8-9-13)11-14-10-15(14)12-6-4-3-5-7-12/h2-7,13-15H,1,8-11H2. The Hall–Kier alpha value is -1.57. The van der Waals surface area contributed by atoms with Crippen molar-refractivity contribution >= 4 is 5.91 Å². The third kappa shape index (κ3) is 2.33. The van der Waals surface area contributed by atoms with E-state index in [-0.39, 0.29) is 11.8 Å². The Balaban J connectivity index is 1.58. The van der Waals surface area contributed by atoms with Crippen LogP contribution in [0.1, 0.15) is 30.7 Å². The lowest BCUT2D eigenvalue weighted by atomic mass is 10.1. The molecule has 2 unspecified atom stereocenters. The zero-order valence-corrected chi connectivity index (χ0v) is 10.6. The highest BCUT2D eigenvalue weighted by atomic mass is 16.2. The van der Waals surface area contributed by atoms with Gasteiger partial charge in [0.05, 0.1) is 0 Å². The fourth-order valence-electron chi connectivity index (χ4n) is 2.63. The van der Waals surface area contributed by atoms with E-state index >= 15 is 0 Å². The molecule has 2 aliphatic carbocycles. The molecule has 94 valence electrons. The third-order valence-electron chi connectivity index (χ3n) is 4.01. The molecule has 2 atom stereocenters. The van der Waals surface area contributed by atoms with Crippen molar-refractivity contribution in [3.8, 4) is 0 Å². The monoisotopic (exact) mass is 241 g/mol. The van der Waals surface area contributed by atoms with Crippen molar-refractivity contribution < 1.29 is 4.79 Å². The Morgan fingerprint density at radius 1 is 1.33 bits per heavy atom. The van der Waals surface area contributed by atoms with Crippen molar-refractivity contribution in [1.29, 1.82) is 0 Å². The minimum absolute atomic E-state index is 0.281. The van der Waals surface area contributed by atoms with Gasteiger partial charge in [0.2, 0.25) is 5.91 Å². The number of hydrogen-bond donors (Lipinski definition) is 0. The van der Waals surface area contributed by atoms with E-state index in [1.165, 1.54) is 12.0 Å². The van der Waals surface area contributed by atoms with E-state index in [1.54, 1.807) is 6.20 Å². The molecule has 1 amide bonds. The number of rotatable bonds is 5. The highest BCUT2D eigenvalue weighted by Gasteiger charge is 2.41. The smallest absolute Gasteiger partial charge is 0.229 e. The van der Waals surface area contributed by atoms with Crippen molar-refractivity contribution in [2.24, 2.45) is 11.8 Å². The van der Waals surface area contributed by atoms with Gasteiger partial charge in [-0.15, -0.1) is 0 Å². The normalized spacial score (nSPS) is 25.6. The molecule has 2 nitrogen and oxygen atoms in total.